The molecule has 23 heavy (non-hydrogen) atoms. The van der Waals surface area contributed by atoms with Crippen molar-refractivity contribution in [2.75, 3.05) is 5.73 Å². The highest BCUT2D eigenvalue weighted by atomic mass is 32.1. The average Bonchev–Trinajstić information content (AvgIpc) is 3.17. The Morgan fingerprint density at radius 3 is 2.87 bits per heavy atom. The molecule has 2 N–H and O–H groups in total. The van der Waals surface area contributed by atoms with Crippen molar-refractivity contribution < 1.29 is 4.52 Å². The Balaban J connectivity index is 1.86. The maximum atomic E-state index is 6.32. The summed E-state index contributed by atoms with van der Waals surface area (Å²) in [5.41, 5.74) is 9.99. The number of hydrogen-bond donors (Lipinski definition) is 1. The smallest absolute Gasteiger partial charge is 0.270 e. The zero-order chi connectivity index (χ0) is 16.0. The van der Waals surface area contributed by atoms with Gasteiger partial charge in [0.05, 0.1) is 5.69 Å². The minimum Gasteiger partial charge on any atom is -0.397 e. The second kappa shape index (κ2) is 5.13. The summed E-state index contributed by atoms with van der Waals surface area (Å²) in [6, 6.07) is 3.71. The lowest BCUT2D eigenvalue weighted by molar-refractivity contribution is 0.433. The number of nitrogen functional groups attached to an aromatic ring is 1. The summed E-state index contributed by atoms with van der Waals surface area (Å²) in [5.74, 6) is 0.896. The molecule has 0 spiro atoms. The minimum absolute atomic E-state index is 0.404. The highest BCUT2D eigenvalue weighted by molar-refractivity contribution is 7.22. The number of pyridine rings is 2. The summed E-state index contributed by atoms with van der Waals surface area (Å²) in [5, 5.41) is 4.98. The number of aromatic nitrogens is 4. The number of nitrogens with two attached hydrogens (primary N) is 1. The average molecular weight is 323 g/mol. The van der Waals surface area contributed by atoms with Crippen LogP contribution in [-0.2, 0) is 0 Å². The fourth-order valence-electron chi connectivity index (χ4n) is 2.42. The molecule has 0 aromatic carbocycles. The summed E-state index contributed by atoms with van der Waals surface area (Å²) in [6.07, 6.45) is 5.25. The van der Waals surface area contributed by atoms with Crippen LogP contribution in [0.25, 0.3) is 32.4 Å². The molecule has 0 aliphatic heterocycles. The van der Waals surface area contributed by atoms with Crippen molar-refractivity contribution >= 4 is 27.2 Å². The first-order valence-corrected chi connectivity index (χ1v) is 7.85. The maximum Gasteiger partial charge on any atom is 0.270 e. The van der Waals surface area contributed by atoms with Crippen LogP contribution in [0.1, 0.15) is 11.1 Å². The minimum atomic E-state index is 0.404. The SMILES string of the molecule is Cc1cnc2sc(-c3nc(-c4cccnc4)no3)c(N)c2c1C. The van der Waals surface area contributed by atoms with Crippen LogP contribution in [-0.4, -0.2) is 20.1 Å². The molecule has 0 radical (unpaired) electrons. The van der Waals surface area contributed by atoms with Crippen molar-refractivity contribution in [3.63, 3.8) is 0 Å². The molecule has 4 rings (SSSR count). The third-order valence-corrected chi connectivity index (χ3v) is 4.91. The van der Waals surface area contributed by atoms with Gasteiger partial charge < -0.3 is 10.3 Å². The Morgan fingerprint density at radius 2 is 2.09 bits per heavy atom. The first kappa shape index (κ1) is 13.8. The molecule has 0 unspecified atom stereocenters. The van der Waals surface area contributed by atoms with Crippen molar-refractivity contribution in [1.82, 2.24) is 20.1 Å². The van der Waals surface area contributed by atoms with Gasteiger partial charge >= 0.3 is 0 Å². The topological polar surface area (TPSA) is 90.7 Å². The van der Waals surface area contributed by atoms with E-state index in [1.165, 1.54) is 11.3 Å². The molecule has 0 fully saturated rings. The Bertz CT molecular complexity index is 1010. The zero-order valence-electron chi connectivity index (χ0n) is 12.6. The lowest BCUT2D eigenvalue weighted by Gasteiger charge is -2.01. The Morgan fingerprint density at radius 1 is 1.22 bits per heavy atom. The summed E-state index contributed by atoms with van der Waals surface area (Å²) >= 11 is 1.46. The number of hydrogen-bond acceptors (Lipinski definition) is 7. The molecule has 0 atom stereocenters. The molecule has 114 valence electrons. The van der Waals surface area contributed by atoms with E-state index in [0.717, 1.165) is 31.8 Å². The van der Waals surface area contributed by atoms with Crippen molar-refractivity contribution in [1.29, 1.82) is 0 Å². The second-order valence-electron chi connectivity index (χ2n) is 5.26. The molecule has 7 heteroatoms. The highest BCUT2D eigenvalue weighted by Crippen LogP contribution is 2.41. The molecule has 0 aliphatic carbocycles. The van der Waals surface area contributed by atoms with Gasteiger partial charge in [0.25, 0.3) is 5.89 Å². The Labute approximate surface area is 136 Å². The van der Waals surface area contributed by atoms with Crippen LogP contribution in [0, 0.1) is 13.8 Å². The summed E-state index contributed by atoms with van der Waals surface area (Å²) in [7, 11) is 0. The lowest BCUT2D eigenvalue weighted by Crippen LogP contribution is -1.90. The molecular weight excluding hydrogens is 310 g/mol. The van der Waals surface area contributed by atoms with Crippen molar-refractivity contribution in [3.8, 4) is 22.2 Å². The van der Waals surface area contributed by atoms with Gasteiger partial charge in [-0.2, -0.15) is 4.98 Å². The van der Waals surface area contributed by atoms with Crippen LogP contribution in [0.2, 0.25) is 0 Å². The van der Waals surface area contributed by atoms with Gasteiger partial charge in [-0.05, 0) is 37.1 Å². The van der Waals surface area contributed by atoms with E-state index in [9.17, 15) is 0 Å². The predicted molar refractivity (Wildman–Crippen MR) is 90.0 cm³/mol. The van der Waals surface area contributed by atoms with Gasteiger partial charge in [0.1, 0.15) is 9.71 Å². The number of fused-ring (bicyclic) bond motifs is 1. The molecule has 0 amide bonds. The molecule has 0 saturated heterocycles. The number of nitrogens with zero attached hydrogens (tertiary/aromatic N) is 4. The van der Waals surface area contributed by atoms with E-state index in [0.29, 0.717) is 17.4 Å². The second-order valence-corrected chi connectivity index (χ2v) is 6.26. The molecule has 0 saturated carbocycles. The number of aryl methyl sites for hydroxylation is 2. The van der Waals surface area contributed by atoms with E-state index in [2.05, 4.69) is 20.1 Å². The van der Waals surface area contributed by atoms with Crippen LogP contribution in [0.15, 0.2) is 35.2 Å². The van der Waals surface area contributed by atoms with Crippen LogP contribution in [0.3, 0.4) is 0 Å². The van der Waals surface area contributed by atoms with Gasteiger partial charge in [-0.3, -0.25) is 4.98 Å². The van der Waals surface area contributed by atoms with Gasteiger partial charge in [0.2, 0.25) is 5.82 Å². The van der Waals surface area contributed by atoms with Crippen molar-refractivity contribution in [3.05, 3.63) is 41.9 Å². The Hall–Kier alpha value is -2.80. The van der Waals surface area contributed by atoms with E-state index >= 15 is 0 Å². The Kier molecular flexibility index (Phi) is 3.09. The van der Waals surface area contributed by atoms with E-state index in [1.54, 1.807) is 12.4 Å². The third-order valence-electron chi connectivity index (χ3n) is 3.81. The van der Waals surface area contributed by atoms with E-state index in [-0.39, 0.29) is 0 Å². The van der Waals surface area contributed by atoms with Crippen molar-refractivity contribution in [2.24, 2.45) is 0 Å². The van der Waals surface area contributed by atoms with Crippen LogP contribution in [0.4, 0.5) is 5.69 Å². The summed E-state index contributed by atoms with van der Waals surface area (Å²) in [4.78, 5) is 14.6. The quantitative estimate of drug-likeness (QED) is 0.606. The summed E-state index contributed by atoms with van der Waals surface area (Å²) < 4.78 is 5.40. The normalized spacial score (nSPS) is 11.2. The predicted octanol–water partition coefficient (Wildman–Crippen LogP) is 3.61. The largest absolute Gasteiger partial charge is 0.397 e. The van der Waals surface area contributed by atoms with E-state index in [1.807, 2.05) is 32.2 Å². The fourth-order valence-corrected chi connectivity index (χ4v) is 3.47. The molecule has 4 aromatic rings. The molecule has 4 heterocycles. The van der Waals surface area contributed by atoms with Gasteiger partial charge in [-0.25, -0.2) is 4.98 Å². The number of thiophene rings is 1. The fraction of sp³-hybridized carbons (Fsp3) is 0.125. The van der Waals surface area contributed by atoms with Crippen molar-refractivity contribution in [2.45, 2.75) is 13.8 Å². The third kappa shape index (κ3) is 2.17. The van der Waals surface area contributed by atoms with Crippen LogP contribution < -0.4 is 5.73 Å². The lowest BCUT2D eigenvalue weighted by atomic mass is 10.1. The first-order chi connectivity index (χ1) is 11.1. The van der Waals surface area contributed by atoms with Gasteiger partial charge in [0.15, 0.2) is 0 Å². The highest BCUT2D eigenvalue weighted by Gasteiger charge is 2.20. The first-order valence-electron chi connectivity index (χ1n) is 7.04. The maximum absolute atomic E-state index is 6.32. The molecule has 0 aliphatic rings. The standard InChI is InChI=1S/C16H13N5OS/c1-8-6-19-16-11(9(8)2)12(17)13(23-16)15-20-14(21-22-15)10-4-3-5-18-7-10/h3-7H,17H2,1-2H3. The van der Waals surface area contributed by atoms with Gasteiger partial charge in [-0.15, -0.1) is 11.3 Å². The van der Waals surface area contributed by atoms with Crippen LogP contribution >= 0.6 is 11.3 Å². The van der Waals surface area contributed by atoms with Gasteiger partial charge in [0, 0.05) is 29.5 Å². The van der Waals surface area contributed by atoms with E-state index < -0.39 is 0 Å². The van der Waals surface area contributed by atoms with Gasteiger partial charge in [-0.1, -0.05) is 5.16 Å². The zero-order valence-corrected chi connectivity index (χ0v) is 13.4. The molecule has 4 aromatic heterocycles. The molecular formula is C16H13N5OS. The molecule has 0 bridgehead atoms. The summed E-state index contributed by atoms with van der Waals surface area (Å²) in [6.45, 7) is 4.06. The molecule has 6 nitrogen and oxygen atoms in total. The monoisotopic (exact) mass is 323 g/mol. The number of anilines is 1. The van der Waals surface area contributed by atoms with Crippen LogP contribution in [0.5, 0.6) is 0 Å². The van der Waals surface area contributed by atoms with E-state index in [4.69, 9.17) is 10.3 Å². The number of rotatable bonds is 2.